The fourth-order valence-electron chi connectivity index (χ4n) is 4.82. The maximum Gasteiger partial charge on any atom is 0.240 e. The molecular formula is C18H30N2O. The summed E-state index contributed by atoms with van der Waals surface area (Å²) >= 11 is 0. The van der Waals surface area contributed by atoms with Crippen LogP contribution >= 0.6 is 0 Å². The Balaban J connectivity index is 2.06. The van der Waals surface area contributed by atoms with Crippen molar-refractivity contribution in [1.82, 2.24) is 5.32 Å². The standard InChI is InChI=1S/C18H30N2O/c1-16(2)10-14(11-17(3,4)12-16)20-15(21)18(13-19)8-6-5-7-9-18/h14H,5-12H2,1-4H3,(H,20,21). The second kappa shape index (κ2) is 5.63. The quantitative estimate of drug-likeness (QED) is 0.829. The van der Waals surface area contributed by atoms with Gasteiger partial charge in [-0.2, -0.15) is 5.26 Å². The van der Waals surface area contributed by atoms with Gasteiger partial charge >= 0.3 is 0 Å². The summed E-state index contributed by atoms with van der Waals surface area (Å²) in [5, 5.41) is 12.8. The van der Waals surface area contributed by atoms with E-state index in [4.69, 9.17) is 0 Å². The van der Waals surface area contributed by atoms with Crippen LogP contribution in [0.1, 0.15) is 79.1 Å². The van der Waals surface area contributed by atoms with Crippen molar-refractivity contribution in [1.29, 1.82) is 5.26 Å². The van der Waals surface area contributed by atoms with Gasteiger partial charge < -0.3 is 5.32 Å². The third kappa shape index (κ3) is 3.78. The first-order valence-corrected chi connectivity index (χ1v) is 8.40. The van der Waals surface area contributed by atoms with Crippen LogP contribution in [0.5, 0.6) is 0 Å². The largest absolute Gasteiger partial charge is 0.352 e. The minimum atomic E-state index is -0.760. The van der Waals surface area contributed by atoms with Gasteiger partial charge in [-0.1, -0.05) is 47.0 Å². The van der Waals surface area contributed by atoms with E-state index in [2.05, 4.69) is 39.1 Å². The predicted octanol–water partition coefficient (Wildman–Crippen LogP) is 4.18. The molecule has 2 saturated carbocycles. The second-order valence-electron chi connectivity index (χ2n) is 8.84. The average molecular weight is 290 g/mol. The van der Waals surface area contributed by atoms with Crippen molar-refractivity contribution in [2.45, 2.75) is 85.1 Å². The van der Waals surface area contributed by atoms with Crippen LogP contribution < -0.4 is 5.32 Å². The van der Waals surface area contributed by atoms with E-state index >= 15 is 0 Å². The summed E-state index contributed by atoms with van der Waals surface area (Å²) in [4.78, 5) is 12.7. The topological polar surface area (TPSA) is 52.9 Å². The highest BCUT2D eigenvalue weighted by Gasteiger charge is 2.43. The average Bonchev–Trinajstić information content (AvgIpc) is 2.35. The van der Waals surface area contributed by atoms with Crippen LogP contribution in [0.15, 0.2) is 0 Å². The van der Waals surface area contributed by atoms with E-state index in [1.165, 1.54) is 6.42 Å². The van der Waals surface area contributed by atoms with Gasteiger partial charge in [-0.3, -0.25) is 4.79 Å². The maximum absolute atomic E-state index is 12.7. The number of hydrogen-bond acceptors (Lipinski definition) is 2. The van der Waals surface area contributed by atoms with Crippen molar-refractivity contribution in [2.24, 2.45) is 16.2 Å². The van der Waals surface area contributed by atoms with Gasteiger partial charge in [0.1, 0.15) is 5.41 Å². The van der Waals surface area contributed by atoms with Gasteiger partial charge in [0.05, 0.1) is 6.07 Å². The number of nitrogens with zero attached hydrogens (tertiary/aromatic N) is 1. The number of amides is 1. The molecular weight excluding hydrogens is 260 g/mol. The van der Waals surface area contributed by atoms with Crippen molar-refractivity contribution in [3.63, 3.8) is 0 Å². The Morgan fingerprint density at radius 3 is 2.05 bits per heavy atom. The summed E-state index contributed by atoms with van der Waals surface area (Å²) in [6.45, 7) is 9.14. The summed E-state index contributed by atoms with van der Waals surface area (Å²) in [7, 11) is 0. The molecule has 21 heavy (non-hydrogen) atoms. The Labute approximate surface area is 129 Å². The number of rotatable bonds is 2. The van der Waals surface area contributed by atoms with Crippen molar-refractivity contribution in [3.05, 3.63) is 0 Å². The molecule has 3 nitrogen and oxygen atoms in total. The van der Waals surface area contributed by atoms with Crippen LogP contribution in [0.3, 0.4) is 0 Å². The third-order valence-electron chi connectivity index (χ3n) is 5.25. The molecule has 0 bridgehead atoms. The van der Waals surface area contributed by atoms with Crippen LogP contribution in [-0.4, -0.2) is 11.9 Å². The lowest BCUT2D eigenvalue weighted by Crippen LogP contribution is -2.50. The molecule has 0 aromatic heterocycles. The van der Waals surface area contributed by atoms with E-state index < -0.39 is 5.41 Å². The van der Waals surface area contributed by atoms with Gasteiger partial charge in [-0.25, -0.2) is 0 Å². The molecule has 2 aliphatic rings. The molecule has 0 aromatic rings. The van der Waals surface area contributed by atoms with E-state index in [9.17, 15) is 10.1 Å². The van der Waals surface area contributed by atoms with Crippen molar-refractivity contribution < 1.29 is 4.79 Å². The molecule has 0 atom stereocenters. The first-order chi connectivity index (χ1) is 9.68. The zero-order valence-corrected chi connectivity index (χ0v) is 14.1. The lowest BCUT2D eigenvalue weighted by molar-refractivity contribution is -0.131. The van der Waals surface area contributed by atoms with Crippen molar-refractivity contribution in [2.75, 3.05) is 0 Å². The molecule has 0 aliphatic heterocycles. The van der Waals surface area contributed by atoms with E-state index in [1.54, 1.807) is 0 Å². The molecule has 1 amide bonds. The summed E-state index contributed by atoms with van der Waals surface area (Å²) in [6, 6.07) is 2.55. The molecule has 3 heteroatoms. The van der Waals surface area contributed by atoms with Crippen LogP contribution in [0, 0.1) is 27.6 Å². The number of carbonyl (C=O) groups excluding carboxylic acids is 1. The molecule has 2 fully saturated rings. The number of carbonyl (C=O) groups is 1. The Bertz CT molecular complexity index is 423. The first-order valence-electron chi connectivity index (χ1n) is 8.40. The van der Waals surface area contributed by atoms with Gasteiger partial charge in [-0.15, -0.1) is 0 Å². The summed E-state index contributed by atoms with van der Waals surface area (Å²) in [6.07, 6.45) is 7.85. The summed E-state index contributed by atoms with van der Waals surface area (Å²) in [5.74, 6) is -0.0109. The Morgan fingerprint density at radius 1 is 1.05 bits per heavy atom. The van der Waals surface area contributed by atoms with E-state index in [-0.39, 0.29) is 22.8 Å². The molecule has 2 aliphatic carbocycles. The Kier molecular flexibility index (Phi) is 4.38. The molecule has 0 spiro atoms. The molecule has 2 rings (SSSR count). The fraction of sp³-hybridized carbons (Fsp3) is 0.889. The van der Waals surface area contributed by atoms with Crippen LogP contribution in [0.25, 0.3) is 0 Å². The highest BCUT2D eigenvalue weighted by molar-refractivity contribution is 5.85. The van der Waals surface area contributed by atoms with Crippen LogP contribution in [-0.2, 0) is 4.79 Å². The van der Waals surface area contributed by atoms with Gasteiger partial charge in [0.25, 0.3) is 0 Å². The normalized spacial score (nSPS) is 27.6. The maximum atomic E-state index is 12.7. The molecule has 0 radical (unpaired) electrons. The predicted molar refractivity (Wildman–Crippen MR) is 84.5 cm³/mol. The van der Waals surface area contributed by atoms with Gasteiger partial charge in [-0.05, 0) is 42.9 Å². The SMILES string of the molecule is CC1(C)CC(NC(=O)C2(C#N)CCCCC2)CC(C)(C)C1. The van der Waals surface area contributed by atoms with E-state index in [0.29, 0.717) is 0 Å². The van der Waals surface area contributed by atoms with Gasteiger partial charge in [0, 0.05) is 6.04 Å². The monoisotopic (exact) mass is 290 g/mol. The molecule has 0 aromatic carbocycles. The molecule has 118 valence electrons. The Hall–Kier alpha value is -1.04. The van der Waals surface area contributed by atoms with Gasteiger partial charge in [0.2, 0.25) is 5.91 Å². The van der Waals surface area contributed by atoms with Gasteiger partial charge in [0.15, 0.2) is 0 Å². The fourth-order valence-corrected chi connectivity index (χ4v) is 4.82. The molecule has 1 N–H and O–H groups in total. The number of hydrogen-bond donors (Lipinski definition) is 1. The van der Waals surface area contributed by atoms with Crippen LogP contribution in [0.2, 0.25) is 0 Å². The summed E-state index contributed by atoms with van der Waals surface area (Å²) in [5.41, 5.74) is -0.248. The number of nitriles is 1. The minimum absolute atomic E-state index is 0.0109. The van der Waals surface area contributed by atoms with E-state index in [1.807, 2.05) is 0 Å². The smallest absolute Gasteiger partial charge is 0.240 e. The second-order valence-corrected chi connectivity index (χ2v) is 8.84. The lowest BCUT2D eigenvalue weighted by Gasteiger charge is -2.45. The minimum Gasteiger partial charge on any atom is -0.352 e. The third-order valence-corrected chi connectivity index (χ3v) is 5.25. The first kappa shape index (κ1) is 16.3. The number of nitrogens with one attached hydrogen (secondary N) is 1. The van der Waals surface area contributed by atoms with E-state index in [0.717, 1.165) is 44.9 Å². The zero-order valence-electron chi connectivity index (χ0n) is 14.1. The highest BCUT2D eigenvalue weighted by atomic mass is 16.2. The molecule has 0 unspecified atom stereocenters. The van der Waals surface area contributed by atoms with Crippen molar-refractivity contribution in [3.8, 4) is 6.07 Å². The molecule has 0 heterocycles. The lowest BCUT2D eigenvalue weighted by atomic mass is 9.63. The Morgan fingerprint density at radius 2 is 1.57 bits per heavy atom. The summed E-state index contributed by atoms with van der Waals surface area (Å²) < 4.78 is 0. The zero-order chi connectivity index (χ0) is 15.7. The van der Waals surface area contributed by atoms with Crippen LogP contribution in [0.4, 0.5) is 0 Å². The van der Waals surface area contributed by atoms with Crippen molar-refractivity contribution >= 4 is 5.91 Å². The highest BCUT2D eigenvalue weighted by Crippen LogP contribution is 2.46. The molecule has 0 saturated heterocycles.